The van der Waals surface area contributed by atoms with E-state index in [1.807, 2.05) is 83.8 Å². The minimum atomic E-state index is -5.05. The topological polar surface area (TPSA) is 108 Å². The average molecular weight is 582 g/mol. The number of carboxylic acids is 1. The maximum atomic E-state index is 13.4. The number of alkyl carbamates (subject to hydrolysis) is 1. The van der Waals surface area contributed by atoms with Crippen LogP contribution in [0.3, 0.4) is 0 Å². The standard InChI is InChI=1S/C31H30F3N3O5/c32-31(33,34)26(27(38)39)16-35-28(40)30(14-15-37(19-30)17-20-8-2-1-3-9-20)36-29(41)42-18-25-23-12-6-4-10-21(23)22-11-5-7-13-24(22)25/h1-13,25-26H,14-19H2,(H,35,40)(H,36,41)(H,38,39). The number of benzene rings is 3. The van der Waals surface area contributed by atoms with Gasteiger partial charge in [0.15, 0.2) is 5.92 Å². The zero-order valence-corrected chi connectivity index (χ0v) is 22.6. The van der Waals surface area contributed by atoms with Crippen LogP contribution in [0, 0.1) is 5.92 Å². The molecule has 2 aliphatic rings. The van der Waals surface area contributed by atoms with E-state index < -0.39 is 42.1 Å². The highest BCUT2D eigenvalue weighted by Crippen LogP contribution is 2.44. The summed E-state index contributed by atoms with van der Waals surface area (Å²) >= 11 is 0. The molecule has 220 valence electrons. The van der Waals surface area contributed by atoms with Crippen LogP contribution in [0.25, 0.3) is 11.1 Å². The summed E-state index contributed by atoms with van der Waals surface area (Å²) in [4.78, 5) is 39.6. The van der Waals surface area contributed by atoms with Gasteiger partial charge in [0.2, 0.25) is 5.91 Å². The van der Waals surface area contributed by atoms with Gasteiger partial charge in [-0.15, -0.1) is 0 Å². The molecule has 0 spiro atoms. The van der Waals surface area contributed by atoms with Gasteiger partial charge in [-0.1, -0.05) is 78.9 Å². The van der Waals surface area contributed by atoms with E-state index in [-0.39, 0.29) is 25.5 Å². The number of fused-ring (bicyclic) bond motifs is 3. The summed E-state index contributed by atoms with van der Waals surface area (Å²) in [6, 6.07) is 25.0. The Labute approximate surface area is 240 Å². The second-order valence-electron chi connectivity index (χ2n) is 10.6. The fourth-order valence-corrected chi connectivity index (χ4v) is 5.75. The van der Waals surface area contributed by atoms with E-state index in [1.54, 1.807) is 0 Å². The second-order valence-corrected chi connectivity index (χ2v) is 10.6. The van der Waals surface area contributed by atoms with E-state index in [0.29, 0.717) is 13.1 Å². The van der Waals surface area contributed by atoms with E-state index in [1.165, 1.54) is 0 Å². The highest BCUT2D eigenvalue weighted by molar-refractivity contribution is 5.91. The van der Waals surface area contributed by atoms with Gasteiger partial charge in [-0.05, 0) is 34.2 Å². The van der Waals surface area contributed by atoms with Gasteiger partial charge < -0.3 is 20.5 Å². The summed E-state index contributed by atoms with van der Waals surface area (Å²) in [5.41, 5.74) is 3.43. The Bertz CT molecular complexity index is 1420. The third kappa shape index (κ3) is 6.11. The quantitative estimate of drug-likeness (QED) is 0.342. The average Bonchev–Trinajstić information content (AvgIpc) is 3.51. The Hall–Kier alpha value is -4.38. The lowest BCUT2D eigenvalue weighted by atomic mass is 9.96. The summed E-state index contributed by atoms with van der Waals surface area (Å²) in [5.74, 6) is -6.01. The summed E-state index contributed by atoms with van der Waals surface area (Å²) in [5, 5.41) is 13.8. The van der Waals surface area contributed by atoms with Crippen LogP contribution < -0.4 is 10.6 Å². The number of hydrogen-bond donors (Lipinski definition) is 3. The van der Waals surface area contributed by atoms with Gasteiger partial charge >= 0.3 is 18.2 Å². The minimum Gasteiger partial charge on any atom is -0.481 e. The van der Waals surface area contributed by atoms with Gasteiger partial charge in [0.25, 0.3) is 0 Å². The Morgan fingerprint density at radius 2 is 1.55 bits per heavy atom. The van der Waals surface area contributed by atoms with Crippen molar-refractivity contribution in [2.75, 3.05) is 26.2 Å². The van der Waals surface area contributed by atoms with Crippen LogP contribution in [0.15, 0.2) is 78.9 Å². The molecule has 3 N–H and O–H groups in total. The Balaban J connectivity index is 1.31. The molecular formula is C31H30F3N3O5. The molecule has 3 aromatic rings. The Morgan fingerprint density at radius 1 is 0.952 bits per heavy atom. The summed E-state index contributed by atoms with van der Waals surface area (Å²) in [6.45, 7) is -0.358. The number of amides is 2. The summed E-state index contributed by atoms with van der Waals surface area (Å²) in [6.07, 6.45) is -5.85. The van der Waals surface area contributed by atoms with Crippen LogP contribution in [0.1, 0.15) is 29.0 Å². The zero-order valence-electron chi connectivity index (χ0n) is 22.6. The van der Waals surface area contributed by atoms with Crippen molar-refractivity contribution < 1.29 is 37.4 Å². The van der Waals surface area contributed by atoms with Gasteiger partial charge in [0, 0.05) is 32.1 Å². The number of nitrogens with one attached hydrogen (secondary N) is 2. The van der Waals surface area contributed by atoms with Gasteiger partial charge in [0.1, 0.15) is 12.1 Å². The van der Waals surface area contributed by atoms with Crippen molar-refractivity contribution in [3.63, 3.8) is 0 Å². The first kappa shape index (κ1) is 29.1. The number of alkyl halides is 3. The number of likely N-dealkylation sites (tertiary alicyclic amines) is 1. The van der Waals surface area contributed by atoms with E-state index >= 15 is 0 Å². The molecule has 1 aliphatic carbocycles. The maximum Gasteiger partial charge on any atom is 0.408 e. The molecule has 1 aliphatic heterocycles. The molecule has 0 aromatic heterocycles. The smallest absolute Gasteiger partial charge is 0.408 e. The fourth-order valence-electron chi connectivity index (χ4n) is 5.75. The molecule has 2 unspecified atom stereocenters. The number of carboxylic acid groups (broad SMARTS) is 1. The number of carbonyl (C=O) groups is 3. The molecule has 0 radical (unpaired) electrons. The monoisotopic (exact) mass is 581 g/mol. The molecule has 0 bridgehead atoms. The predicted octanol–water partition coefficient (Wildman–Crippen LogP) is 4.55. The van der Waals surface area contributed by atoms with Crippen LogP contribution in [0.4, 0.5) is 18.0 Å². The lowest BCUT2D eigenvalue weighted by molar-refractivity contribution is -0.192. The first-order chi connectivity index (χ1) is 20.1. The van der Waals surface area contributed by atoms with Crippen LogP contribution in [0.2, 0.25) is 0 Å². The summed E-state index contributed by atoms with van der Waals surface area (Å²) in [7, 11) is 0. The van der Waals surface area contributed by atoms with E-state index in [4.69, 9.17) is 9.84 Å². The van der Waals surface area contributed by atoms with E-state index in [0.717, 1.165) is 27.8 Å². The largest absolute Gasteiger partial charge is 0.481 e. The molecule has 0 saturated carbocycles. The molecular weight excluding hydrogens is 551 g/mol. The molecule has 3 aromatic carbocycles. The fraction of sp³-hybridized carbons (Fsp3) is 0.323. The molecule has 1 heterocycles. The second kappa shape index (κ2) is 11.8. The molecule has 42 heavy (non-hydrogen) atoms. The van der Waals surface area contributed by atoms with Crippen molar-refractivity contribution in [1.82, 2.24) is 15.5 Å². The zero-order chi connectivity index (χ0) is 29.9. The number of aliphatic carboxylic acids is 1. The number of hydrogen-bond acceptors (Lipinski definition) is 5. The van der Waals surface area contributed by atoms with Crippen molar-refractivity contribution >= 4 is 18.0 Å². The normalized spacial score (nSPS) is 19.0. The number of nitrogens with zero attached hydrogens (tertiary/aromatic N) is 1. The summed E-state index contributed by atoms with van der Waals surface area (Å²) < 4.78 is 45.3. The van der Waals surface area contributed by atoms with Gasteiger partial charge in [-0.3, -0.25) is 14.5 Å². The molecule has 11 heteroatoms. The van der Waals surface area contributed by atoms with Crippen molar-refractivity contribution in [2.45, 2.75) is 30.6 Å². The Kier molecular flexibility index (Phi) is 8.22. The number of rotatable bonds is 9. The van der Waals surface area contributed by atoms with Crippen LogP contribution >= 0.6 is 0 Å². The van der Waals surface area contributed by atoms with Crippen LogP contribution in [0.5, 0.6) is 0 Å². The number of halogens is 3. The first-order valence-corrected chi connectivity index (χ1v) is 13.5. The number of carbonyl (C=O) groups excluding carboxylic acids is 2. The van der Waals surface area contributed by atoms with E-state index in [2.05, 4.69) is 10.6 Å². The SMILES string of the molecule is O=C(NC1(C(=O)NCC(C(=O)O)C(F)(F)F)CCN(Cc2ccccc2)C1)OCC1c2ccccc2-c2ccccc21. The van der Waals surface area contributed by atoms with Crippen molar-refractivity contribution in [3.8, 4) is 11.1 Å². The third-order valence-electron chi connectivity index (χ3n) is 7.88. The predicted molar refractivity (Wildman–Crippen MR) is 147 cm³/mol. The molecule has 8 nitrogen and oxygen atoms in total. The molecule has 1 saturated heterocycles. The van der Waals surface area contributed by atoms with Gasteiger partial charge in [-0.2, -0.15) is 13.2 Å². The van der Waals surface area contributed by atoms with E-state index in [9.17, 15) is 27.6 Å². The van der Waals surface area contributed by atoms with Crippen LogP contribution in [-0.4, -0.2) is 65.9 Å². The van der Waals surface area contributed by atoms with Crippen molar-refractivity contribution in [2.24, 2.45) is 5.92 Å². The van der Waals surface area contributed by atoms with Crippen molar-refractivity contribution in [3.05, 3.63) is 95.6 Å². The molecule has 2 amide bonds. The van der Waals surface area contributed by atoms with Crippen molar-refractivity contribution in [1.29, 1.82) is 0 Å². The first-order valence-electron chi connectivity index (χ1n) is 13.5. The van der Waals surface area contributed by atoms with Crippen LogP contribution in [-0.2, 0) is 20.9 Å². The van der Waals surface area contributed by atoms with Gasteiger partial charge in [-0.25, -0.2) is 4.79 Å². The number of ether oxygens (including phenoxy) is 1. The minimum absolute atomic E-state index is 0.00167. The maximum absolute atomic E-state index is 13.4. The third-order valence-corrected chi connectivity index (χ3v) is 7.88. The molecule has 5 rings (SSSR count). The lowest BCUT2D eigenvalue weighted by Crippen LogP contribution is -2.61. The highest BCUT2D eigenvalue weighted by atomic mass is 19.4. The molecule has 1 fully saturated rings. The van der Waals surface area contributed by atoms with Gasteiger partial charge in [0.05, 0.1) is 0 Å². The molecule has 2 atom stereocenters. The highest BCUT2D eigenvalue weighted by Gasteiger charge is 2.49. The Morgan fingerprint density at radius 3 is 2.14 bits per heavy atom. The lowest BCUT2D eigenvalue weighted by Gasteiger charge is -2.30.